The number of anilines is 1. The molecule has 0 aliphatic carbocycles. The summed E-state index contributed by atoms with van der Waals surface area (Å²) in [7, 11) is 0. The highest BCUT2D eigenvalue weighted by Gasteiger charge is 2.26. The van der Waals surface area contributed by atoms with Crippen LogP contribution in [0.1, 0.15) is 12.8 Å². The molecule has 0 unspecified atom stereocenters. The first-order chi connectivity index (χ1) is 10.3. The fourth-order valence-corrected chi connectivity index (χ4v) is 2.82. The van der Waals surface area contributed by atoms with Crippen LogP contribution in [0.25, 0.3) is 0 Å². The molecule has 2 N–H and O–H groups in total. The first-order valence-corrected chi connectivity index (χ1v) is 7.61. The van der Waals surface area contributed by atoms with Gasteiger partial charge in [0.05, 0.1) is 6.61 Å². The Morgan fingerprint density at radius 1 is 1.30 bits per heavy atom. The largest absolute Gasteiger partial charge is 0.366 e. The molecule has 3 heterocycles. The van der Waals surface area contributed by atoms with Crippen LogP contribution in [-0.4, -0.2) is 55.8 Å². The molecule has 1 amide bonds. The number of ether oxygens (including phenoxy) is 1. The SMILES string of the molecule is Cl.Cl.O=C(NC1CCN(c2ccccn2)CC1)[C@H]1CNCCO1. The van der Waals surface area contributed by atoms with E-state index >= 15 is 0 Å². The lowest BCUT2D eigenvalue weighted by Crippen LogP contribution is -2.52. The number of nitrogens with zero attached hydrogens (tertiary/aromatic N) is 2. The van der Waals surface area contributed by atoms with Crippen LogP contribution in [0.3, 0.4) is 0 Å². The van der Waals surface area contributed by atoms with Crippen LogP contribution >= 0.6 is 24.8 Å². The number of morpholine rings is 1. The Kier molecular flexibility index (Phi) is 8.62. The Hall–Kier alpha value is -1.08. The number of hydrogen-bond acceptors (Lipinski definition) is 5. The smallest absolute Gasteiger partial charge is 0.250 e. The van der Waals surface area contributed by atoms with Gasteiger partial charge >= 0.3 is 0 Å². The van der Waals surface area contributed by atoms with E-state index in [0.717, 1.165) is 38.3 Å². The molecule has 130 valence electrons. The number of nitrogens with one attached hydrogen (secondary N) is 2. The topological polar surface area (TPSA) is 66.5 Å². The normalized spacial score (nSPS) is 21.7. The molecule has 2 aliphatic heterocycles. The first-order valence-electron chi connectivity index (χ1n) is 7.61. The van der Waals surface area contributed by atoms with Crippen LogP contribution in [-0.2, 0) is 9.53 Å². The molecule has 0 aromatic carbocycles. The van der Waals surface area contributed by atoms with E-state index in [9.17, 15) is 4.79 Å². The van der Waals surface area contributed by atoms with Gasteiger partial charge in [-0.05, 0) is 25.0 Å². The van der Waals surface area contributed by atoms with Crippen LogP contribution in [0.15, 0.2) is 24.4 Å². The molecule has 3 rings (SSSR count). The third-order valence-corrected chi connectivity index (χ3v) is 4.03. The number of piperidine rings is 1. The Balaban J connectivity index is 0.00000132. The summed E-state index contributed by atoms with van der Waals surface area (Å²) in [6, 6.07) is 6.20. The maximum atomic E-state index is 12.1. The van der Waals surface area contributed by atoms with Crippen LogP contribution in [0.4, 0.5) is 5.82 Å². The zero-order valence-corrected chi connectivity index (χ0v) is 14.6. The highest BCUT2D eigenvalue weighted by Crippen LogP contribution is 2.17. The molecule has 1 atom stereocenters. The predicted octanol–water partition coefficient (Wildman–Crippen LogP) is 0.999. The highest BCUT2D eigenvalue weighted by atomic mass is 35.5. The number of pyridine rings is 1. The summed E-state index contributed by atoms with van der Waals surface area (Å²) in [5, 5.41) is 6.29. The number of rotatable bonds is 3. The molecule has 6 nitrogen and oxygen atoms in total. The molecule has 0 saturated carbocycles. The van der Waals surface area contributed by atoms with Gasteiger partial charge in [-0.3, -0.25) is 4.79 Å². The average Bonchev–Trinajstić information content (AvgIpc) is 2.57. The van der Waals surface area contributed by atoms with Gasteiger partial charge in [-0.15, -0.1) is 24.8 Å². The third-order valence-electron chi connectivity index (χ3n) is 4.03. The minimum Gasteiger partial charge on any atom is -0.366 e. The molecule has 8 heteroatoms. The molecule has 1 aromatic heterocycles. The van der Waals surface area contributed by atoms with Crippen molar-refractivity contribution in [1.82, 2.24) is 15.6 Å². The van der Waals surface area contributed by atoms with Crippen molar-refractivity contribution in [2.75, 3.05) is 37.7 Å². The quantitative estimate of drug-likeness (QED) is 0.839. The molecular weight excluding hydrogens is 339 g/mol. The zero-order valence-electron chi connectivity index (χ0n) is 12.9. The van der Waals surface area contributed by atoms with E-state index < -0.39 is 0 Å². The van der Waals surface area contributed by atoms with Gasteiger partial charge in [0.2, 0.25) is 0 Å². The van der Waals surface area contributed by atoms with Gasteiger partial charge in [0.25, 0.3) is 5.91 Å². The van der Waals surface area contributed by atoms with E-state index in [1.54, 1.807) is 0 Å². The molecule has 0 radical (unpaired) electrons. The van der Waals surface area contributed by atoms with E-state index in [-0.39, 0.29) is 42.9 Å². The molecular formula is C15H24Cl2N4O2. The number of carbonyl (C=O) groups excluding carboxylic acids is 1. The lowest BCUT2D eigenvalue weighted by molar-refractivity contribution is -0.135. The Labute approximate surface area is 149 Å². The third kappa shape index (κ3) is 5.49. The Morgan fingerprint density at radius 2 is 2.09 bits per heavy atom. The molecule has 2 fully saturated rings. The minimum atomic E-state index is -0.340. The van der Waals surface area contributed by atoms with E-state index in [1.165, 1.54) is 0 Å². The van der Waals surface area contributed by atoms with E-state index in [2.05, 4.69) is 20.5 Å². The molecule has 2 aliphatic rings. The van der Waals surface area contributed by atoms with Crippen molar-refractivity contribution in [3.05, 3.63) is 24.4 Å². The molecule has 1 aromatic rings. The number of hydrogen-bond donors (Lipinski definition) is 2. The van der Waals surface area contributed by atoms with Crippen LogP contribution < -0.4 is 15.5 Å². The van der Waals surface area contributed by atoms with Gasteiger partial charge in [-0.25, -0.2) is 4.98 Å². The maximum absolute atomic E-state index is 12.1. The summed E-state index contributed by atoms with van der Waals surface area (Å²) >= 11 is 0. The summed E-state index contributed by atoms with van der Waals surface area (Å²) < 4.78 is 5.48. The van der Waals surface area contributed by atoms with Crippen LogP contribution in [0.2, 0.25) is 0 Å². The predicted molar refractivity (Wildman–Crippen MR) is 94.7 cm³/mol. The summed E-state index contributed by atoms with van der Waals surface area (Å²) in [4.78, 5) is 18.8. The van der Waals surface area contributed by atoms with Crippen LogP contribution in [0.5, 0.6) is 0 Å². The second-order valence-electron chi connectivity index (χ2n) is 5.52. The van der Waals surface area contributed by atoms with E-state index in [4.69, 9.17) is 4.74 Å². The van der Waals surface area contributed by atoms with Crippen molar-refractivity contribution in [3.63, 3.8) is 0 Å². The summed E-state index contributed by atoms with van der Waals surface area (Å²) in [5.74, 6) is 1.03. The summed E-state index contributed by atoms with van der Waals surface area (Å²) in [5.41, 5.74) is 0. The lowest BCUT2D eigenvalue weighted by atomic mass is 10.0. The van der Waals surface area contributed by atoms with Gasteiger partial charge in [-0.1, -0.05) is 6.07 Å². The second kappa shape index (κ2) is 9.93. The summed E-state index contributed by atoms with van der Waals surface area (Å²) in [6.07, 6.45) is 3.37. The number of aromatic nitrogens is 1. The first kappa shape index (κ1) is 20.0. The van der Waals surface area contributed by atoms with Gasteiger partial charge in [0.15, 0.2) is 0 Å². The summed E-state index contributed by atoms with van der Waals surface area (Å²) in [6.45, 7) is 3.89. The fraction of sp³-hybridized carbons (Fsp3) is 0.600. The van der Waals surface area contributed by atoms with Crippen molar-refractivity contribution in [2.24, 2.45) is 0 Å². The van der Waals surface area contributed by atoms with E-state index in [1.807, 2.05) is 24.4 Å². The Bertz CT molecular complexity index is 464. The van der Waals surface area contributed by atoms with Gasteiger partial charge in [0, 0.05) is 38.4 Å². The van der Waals surface area contributed by atoms with Crippen molar-refractivity contribution < 1.29 is 9.53 Å². The fourth-order valence-electron chi connectivity index (χ4n) is 2.82. The number of carbonyl (C=O) groups is 1. The van der Waals surface area contributed by atoms with Gasteiger partial charge < -0.3 is 20.3 Å². The number of halogens is 2. The Morgan fingerprint density at radius 3 is 2.70 bits per heavy atom. The van der Waals surface area contributed by atoms with Gasteiger partial charge in [0.1, 0.15) is 11.9 Å². The standard InChI is InChI=1S/C15H22N4O2.2ClH/c20-15(13-11-16-7-10-21-13)18-12-4-8-19(9-5-12)14-3-1-2-6-17-14;;/h1-3,6,12-13,16H,4-5,7-11H2,(H,18,20);2*1H/t13-;;/m1../s1. The van der Waals surface area contributed by atoms with Crippen LogP contribution in [0, 0.1) is 0 Å². The number of amides is 1. The average molecular weight is 363 g/mol. The molecule has 0 spiro atoms. The zero-order chi connectivity index (χ0) is 14.5. The monoisotopic (exact) mass is 362 g/mol. The molecule has 0 bridgehead atoms. The van der Waals surface area contributed by atoms with Gasteiger partial charge in [-0.2, -0.15) is 0 Å². The van der Waals surface area contributed by atoms with Crippen molar-refractivity contribution in [2.45, 2.75) is 25.0 Å². The molecule has 23 heavy (non-hydrogen) atoms. The lowest BCUT2D eigenvalue weighted by Gasteiger charge is -2.34. The molecule has 2 saturated heterocycles. The van der Waals surface area contributed by atoms with Crippen molar-refractivity contribution >= 4 is 36.5 Å². The maximum Gasteiger partial charge on any atom is 0.250 e. The second-order valence-corrected chi connectivity index (χ2v) is 5.52. The van der Waals surface area contributed by atoms with E-state index in [0.29, 0.717) is 13.2 Å². The highest BCUT2D eigenvalue weighted by molar-refractivity contribution is 5.85. The minimum absolute atomic E-state index is 0. The van der Waals surface area contributed by atoms with Crippen molar-refractivity contribution in [1.29, 1.82) is 0 Å². The van der Waals surface area contributed by atoms with Crippen molar-refractivity contribution in [3.8, 4) is 0 Å².